The van der Waals surface area contributed by atoms with Gasteiger partial charge in [-0.1, -0.05) is 18.2 Å². The van der Waals surface area contributed by atoms with Crippen LogP contribution in [0.4, 0.5) is 0 Å². The Morgan fingerprint density at radius 1 is 1.12 bits per heavy atom. The second kappa shape index (κ2) is 8.52. The molecule has 0 bridgehead atoms. The highest BCUT2D eigenvalue weighted by Gasteiger charge is 2.19. The third kappa shape index (κ3) is 3.65. The predicted octanol–water partition coefficient (Wildman–Crippen LogP) is 3.16. The molecule has 1 aromatic carbocycles. The van der Waals surface area contributed by atoms with Gasteiger partial charge in [-0.2, -0.15) is 9.61 Å². The van der Waals surface area contributed by atoms with Gasteiger partial charge in [-0.25, -0.2) is 9.78 Å². The monoisotopic (exact) mass is 446 g/mol. The maximum atomic E-state index is 13.2. The van der Waals surface area contributed by atoms with E-state index < -0.39 is 0 Å². The number of aryl methyl sites for hydroxylation is 1. The van der Waals surface area contributed by atoms with E-state index in [0.717, 1.165) is 39.2 Å². The van der Waals surface area contributed by atoms with Crippen molar-refractivity contribution < 1.29 is 4.74 Å². The molecule has 0 aliphatic heterocycles. The van der Waals surface area contributed by atoms with E-state index in [-0.39, 0.29) is 5.69 Å². The van der Waals surface area contributed by atoms with E-state index >= 15 is 0 Å². The van der Waals surface area contributed by atoms with Gasteiger partial charge < -0.3 is 10.1 Å². The van der Waals surface area contributed by atoms with Crippen LogP contribution in [0, 0.1) is 6.92 Å². The fourth-order valence-electron chi connectivity index (χ4n) is 3.80. The van der Waals surface area contributed by atoms with Crippen molar-refractivity contribution in [1.82, 2.24) is 29.5 Å². The lowest BCUT2D eigenvalue weighted by molar-refractivity contribution is 0.414. The maximum absolute atomic E-state index is 13.2. The molecular weight excluding hydrogens is 424 g/mol. The first kappa shape index (κ1) is 20.3. The van der Waals surface area contributed by atoms with Gasteiger partial charge in [0.2, 0.25) is 0 Å². The van der Waals surface area contributed by atoms with Crippen molar-refractivity contribution in [3.8, 4) is 5.75 Å². The fourth-order valence-corrected chi connectivity index (χ4v) is 5.06. The Morgan fingerprint density at radius 3 is 2.72 bits per heavy atom. The molecule has 9 heteroatoms. The Morgan fingerprint density at radius 2 is 1.97 bits per heavy atom. The Bertz CT molecular complexity index is 1440. The third-order valence-corrected chi connectivity index (χ3v) is 6.81. The first-order valence-corrected chi connectivity index (χ1v) is 11.0. The van der Waals surface area contributed by atoms with Crippen molar-refractivity contribution in [2.45, 2.75) is 26.6 Å². The number of fused-ring (bicyclic) bond motifs is 3. The average Bonchev–Trinajstić information content (AvgIpc) is 3.43. The Labute approximate surface area is 188 Å². The molecule has 8 nitrogen and oxygen atoms in total. The van der Waals surface area contributed by atoms with Crippen molar-refractivity contribution in [1.29, 1.82) is 0 Å². The fraction of sp³-hybridized carbons (Fsp3) is 0.217. The van der Waals surface area contributed by atoms with Gasteiger partial charge in [0.1, 0.15) is 16.9 Å². The van der Waals surface area contributed by atoms with E-state index in [9.17, 15) is 4.79 Å². The summed E-state index contributed by atoms with van der Waals surface area (Å²) in [6.07, 6.45) is 5.06. The number of hydrogen-bond donors (Lipinski definition) is 1. The van der Waals surface area contributed by atoms with E-state index in [1.54, 1.807) is 29.2 Å². The van der Waals surface area contributed by atoms with Gasteiger partial charge in [-0.15, -0.1) is 11.3 Å². The molecule has 0 fully saturated rings. The molecule has 162 valence electrons. The minimum absolute atomic E-state index is 0.197. The number of aromatic nitrogens is 5. The van der Waals surface area contributed by atoms with Crippen LogP contribution < -0.4 is 15.7 Å². The molecule has 0 saturated heterocycles. The second-order valence-corrected chi connectivity index (χ2v) is 8.59. The molecule has 0 aliphatic carbocycles. The zero-order valence-corrected chi connectivity index (χ0v) is 18.6. The summed E-state index contributed by atoms with van der Waals surface area (Å²) in [5.74, 6) is 0.784. The van der Waals surface area contributed by atoms with Crippen molar-refractivity contribution in [2.75, 3.05) is 7.11 Å². The van der Waals surface area contributed by atoms with Gasteiger partial charge in [0.25, 0.3) is 0 Å². The zero-order valence-electron chi connectivity index (χ0n) is 17.8. The molecule has 0 radical (unpaired) electrons. The van der Waals surface area contributed by atoms with E-state index in [2.05, 4.69) is 27.3 Å². The number of methoxy groups -OCH3 is 1. The maximum Gasteiger partial charge on any atom is 0.352 e. The summed E-state index contributed by atoms with van der Waals surface area (Å²) < 4.78 is 8.42. The minimum Gasteiger partial charge on any atom is -0.497 e. The van der Waals surface area contributed by atoms with Crippen LogP contribution in [-0.2, 0) is 19.6 Å². The van der Waals surface area contributed by atoms with Crippen LogP contribution in [0.3, 0.4) is 0 Å². The largest absolute Gasteiger partial charge is 0.497 e. The third-order valence-electron chi connectivity index (χ3n) is 5.49. The van der Waals surface area contributed by atoms with Crippen LogP contribution in [0.1, 0.15) is 21.6 Å². The minimum atomic E-state index is -0.197. The van der Waals surface area contributed by atoms with Crippen molar-refractivity contribution >= 4 is 27.2 Å². The SMILES string of the molecule is COc1ccc(Cn2c(=O)n3ncnc3c3c(C)c(CNCc4cccnc4)sc32)cc1. The number of thiophene rings is 1. The van der Waals surface area contributed by atoms with Crippen molar-refractivity contribution in [2.24, 2.45) is 0 Å². The lowest BCUT2D eigenvalue weighted by atomic mass is 10.2. The molecule has 0 saturated carbocycles. The lowest BCUT2D eigenvalue weighted by Gasteiger charge is -2.09. The summed E-state index contributed by atoms with van der Waals surface area (Å²) in [4.78, 5) is 23.8. The number of pyridine rings is 1. The van der Waals surface area contributed by atoms with Gasteiger partial charge in [-0.3, -0.25) is 9.55 Å². The Balaban J connectivity index is 1.54. The summed E-state index contributed by atoms with van der Waals surface area (Å²) in [5, 5.41) is 8.64. The summed E-state index contributed by atoms with van der Waals surface area (Å²) in [6.45, 7) is 3.94. The van der Waals surface area contributed by atoms with Gasteiger partial charge in [-0.05, 0) is 41.8 Å². The number of hydrogen-bond acceptors (Lipinski definition) is 7. The smallest absolute Gasteiger partial charge is 0.352 e. The summed E-state index contributed by atoms with van der Waals surface area (Å²) in [5.41, 5.74) is 3.66. The van der Waals surface area contributed by atoms with Crippen LogP contribution >= 0.6 is 11.3 Å². The topological polar surface area (TPSA) is 86.3 Å². The molecule has 0 unspecified atom stereocenters. The molecule has 4 heterocycles. The number of nitrogens with one attached hydrogen (secondary N) is 1. The zero-order chi connectivity index (χ0) is 22.1. The number of rotatable bonds is 7. The Kier molecular flexibility index (Phi) is 5.42. The highest BCUT2D eigenvalue weighted by Crippen LogP contribution is 2.32. The van der Waals surface area contributed by atoms with Gasteiger partial charge >= 0.3 is 5.69 Å². The van der Waals surface area contributed by atoms with E-state index in [0.29, 0.717) is 18.7 Å². The van der Waals surface area contributed by atoms with Gasteiger partial charge in [0, 0.05) is 30.4 Å². The first-order chi connectivity index (χ1) is 15.7. The molecule has 1 N–H and O–H groups in total. The average molecular weight is 447 g/mol. The number of ether oxygens (including phenoxy) is 1. The first-order valence-electron chi connectivity index (χ1n) is 10.2. The molecule has 0 aliphatic rings. The molecule has 0 spiro atoms. The van der Waals surface area contributed by atoms with Crippen LogP contribution in [0.25, 0.3) is 15.9 Å². The summed E-state index contributed by atoms with van der Waals surface area (Å²) >= 11 is 1.62. The van der Waals surface area contributed by atoms with E-state index in [1.807, 2.05) is 42.6 Å². The van der Waals surface area contributed by atoms with Gasteiger partial charge in [0.05, 0.1) is 19.0 Å². The highest BCUT2D eigenvalue weighted by molar-refractivity contribution is 7.19. The standard InChI is InChI=1S/C23H22N6O2S/c1-15-19(12-25-11-17-4-3-9-24-10-17)32-22-20(15)21-26-14-27-29(21)23(30)28(22)13-16-5-7-18(31-2)8-6-16/h3-10,14,25H,11-13H2,1-2H3. The Hall–Kier alpha value is -3.56. The van der Waals surface area contributed by atoms with Crippen LogP contribution in [-0.4, -0.2) is 31.3 Å². The van der Waals surface area contributed by atoms with Crippen molar-refractivity contribution in [3.63, 3.8) is 0 Å². The summed E-state index contributed by atoms with van der Waals surface area (Å²) in [6, 6.07) is 11.7. The van der Waals surface area contributed by atoms with E-state index in [1.165, 1.54) is 15.7 Å². The molecular formula is C23H22N6O2S. The van der Waals surface area contributed by atoms with Crippen LogP contribution in [0.5, 0.6) is 5.75 Å². The van der Waals surface area contributed by atoms with Crippen molar-refractivity contribution in [3.05, 3.63) is 87.2 Å². The molecule has 5 rings (SSSR count). The summed E-state index contributed by atoms with van der Waals surface area (Å²) in [7, 11) is 1.64. The highest BCUT2D eigenvalue weighted by atomic mass is 32.1. The quantitative estimate of drug-likeness (QED) is 0.413. The van der Waals surface area contributed by atoms with Gasteiger partial charge in [0.15, 0.2) is 5.65 Å². The normalized spacial score (nSPS) is 11.4. The molecule has 0 atom stereocenters. The molecule has 5 aromatic rings. The van der Waals surface area contributed by atoms with E-state index in [4.69, 9.17) is 4.74 Å². The van der Waals surface area contributed by atoms with Crippen LogP contribution in [0.15, 0.2) is 59.9 Å². The number of benzene rings is 1. The molecule has 0 amide bonds. The second-order valence-electron chi connectivity index (χ2n) is 7.51. The predicted molar refractivity (Wildman–Crippen MR) is 124 cm³/mol. The lowest BCUT2D eigenvalue weighted by Crippen LogP contribution is -2.27. The molecule has 4 aromatic heterocycles. The van der Waals surface area contributed by atoms with Crippen LogP contribution in [0.2, 0.25) is 0 Å². The molecule has 32 heavy (non-hydrogen) atoms. The number of nitrogens with zero attached hydrogens (tertiary/aromatic N) is 5.